The third kappa shape index (κ3) is 7.82. The lowest BCUT2D eigenvalue weighted by molar-refractivity contribution is 0.185. The Morgan fingerprint density at radius 2 is 1.61 bits per heavy atom. The molecule has 0 spiro atoms. The third-order valence-corrected chi connectivity index (χ3v) is 6.62. The number of nitrogens with zero attached hydrogens (tertiary/aromatic N) is 1. The second kappa shape index (κ2) is 15.0. The van der Waals surface area contributed by atoms with Crippen LogP contribution >= 0.6 is 23.7 Å². The van der Waals surface area contributed by atoms with Crippen LogP contribution in [0.25, 0.3) is 0 Å². The van der Waals surface area contributed by atoms with Crippen LogP contribution < -0.4 is 0 Å². The van der Waals surface area contributed by atoms with Crippen LogP contribution in [0.2, 0.25) is 0 Å². The molecule has 2 aromatic rings. The third-order valence-electron chi connectivity index (χ3n) is 4.55. The summed E-state index contributed by atoms with van der Waals surface area (Å²) in [4.78, 5) is 1.35. The molecule has 156 valence electrons. The fraction of sp³-hybridized carbons (Fsp3) is 0.500. The molecule has 1 aliphatic heterocycles. The first-order valence-electron chi connectivity index (χ1n) is 10.4. The van der Waals surface area contributed by atoms with Crippen molar-refractivity contribution in [2.45, 2.75) is 57.6 Å². The Morgan fingerprint density at radius 3 is 2.18 bits per heavy atom. The number of ether oxygens (including phenoxy) is 1. The zero-order chi connectivity index (χ0) is 20.8. The molecule has 3 rings (SSSR count). The normalized spacial score (nSPS) is 18.6. The van der Waals surface area contributed by atoms with Crippen LogP contribution in [0, 0.1) is 0 Å². The van der Waals surface area contributed by atoms with E-state index in [1.165, 1.54) is 22.4 Å². The van der Waals surface area contributed by atoms with E-state index in [0.717, 1.165) is 12.3 Å². The van der Waals surface area contributed by atoms with Gasteiger partial charge in [-0.15, -0.1) is 11.8 Å². The summed E-state index contributed by atoms with van der Waals surface area (Å²) < 4.78 is 7.73. The lowest BCUT2D eigenvalue weighted by Gasteiger charge is -2.20. The summed E-state index contributed by atoms with van der Waals surface area (Å²) in [5.41, 5.74) is 2.71. The summed E-state index contributed by atoms with van der Waals surface area (Å²) in [5.74, 6) is 1.81. The molecule has 1 fully saturated rings. The quantitative estimate of drug-likeness (QED) is 0.350. The van der Waals surface area contributed by atoms with Crippen molar-refractivity contribution >= 4 is 23.7 Å². The van der Waals surface area contributed by atoms with Crippen LogP contribution in [0.4, 0.5) is 0 Å². The Kier molecular flexibility index (Phi) is 13.4. The molecule has 0 aromatic heterocycles. The Morgan fingerprint density at radius 1 is 0.964 bits per heavy atom. The van der Waals surface area contributed by atoms with E-state index in [9.17, 15) is 0 Å². The smallest absolute Gasteiger partial charge is 0.0713 e. The van der Waals surface area contributed by atoms with Gasteiger partial charge in [-0.1, -0.05) is 82.1 Å². The van der Waals surface area contributed by atoms with Crippen molar-refractivity contribution in [1.29, 1.82) is 0 Å². The molecule has 0 radical (unpaired) electrons. The predicted molar refractivity (Wildman–Crippen MR) is 128 cm³/mol. The first-order valence-corrected chi connectivity index (χ1v) is 12.5. The van der Waals surface area contributed by atoms with Crippen molar-refractivity contribution in [2.75, 3.05) is 25.7 Å². The maximum absolute atomic E-state index is 5.18. The van der Waals surface area contributed by atoms with Gasteiger partial charge in [0.1, 0.15) is 0 Å². The summed E-state index contributed by atoms with van der Waals surface area (Å²) in [6, 6.07) is 20.3. The Hall–Kier alpha value is -0.940. The molecular weight excluding hydrogens is 382 g/mol. The van der Waals surface area contributed by atoms with Gasteiger partial charge in [-0.3, -0.25) is 0 Å². The van der Waals surface area contributed by atoms with Gasteiger partial charge in [0.25, 0.3) is 0 Å². The highest BCUT2D eigenvalue weighted by Gasteiger charge is 2.32. The molecular formula is C24H37NOS2. The number of hydrogen-bond acceptors (Lipinski definition) is 4. The Balaban J connectivity index is 0.000000921. The number of methoxy groups -OCH3 is 1. The van der Waals surface area contributed by atoms with Crippen molar-refractivity contribution in [3.63, 3.8) is 0 Å². The molecule has 2 unspecified atom stereocenters. The van der Waals surface area contributed by atoms with Gasteiger partial charge in [0.05, 0.1) is 6.61 Å². The number of rotatable bonds is 7. The van der Waals surface area contributed by atoms with Gasteiger partial charge in [-0.05, 0) is 41.9 Å². The van der Waals surface area contributed by atoms with Crippen LogP contribution in [0.1, 0.15) is 51.2 Å². The molecule has 0 bridgehead atoms. The first kappa shape index (κ1) is 25.1. The largest absolute Gasteiger partial charge is 0.380 e. The van der Waals surface area contributed by atoms with Crippen LogP contribution in [0.5, 0.6) is 0 Å². The highest BCUT2D eigenvalue weighted by Crippen LogP contribution is 2.37. The second-order valence-electron chi connectivity index (χ2n) is 6.17. The molecule has 0 saturated carbocycles. The van der Waals surface area contributed by atoms with E-state index in [-0.39, 0.29) is 0 Å². The van der Waals surface area contributed by atoms with Crippen molar-refractivity contribution in [3.8, 4) is 0 Å². The van der Waals surface area contributed by atoms with E-state index in [1.807, 2.05) is 51.4 Å². The lowest BCUT2D eigenvalue weighted by Crippen LogP contribution is -2.24. The fourth-order valence-corrected chi connectivity index (χ4v) is 5.18. The topological polar surface area (TPSA) is 12.5 Å². The molecule has 28 heavy (non-hydrogen) atoms. The maximum Gasteiger partial charge on any atom is 0.0713 e. The maximum atomic E-state index is 5.18. The molecule has 2 nitrogen and oxygen atoms in total. The van der Waals surface area contributed by atoms with Crippen molar-refractivity contribution in [1.82, 2.24) is 4.31 Å². The van der Waals surface area contributed by atoms with Crippen molar-refractivity contribution in [2.24, 2.45) is 0 Å². The molecule has 0 N–H and O–H groups in total. The van der Waals surface area contributed by atoms with E-state index in [4.69, 9.17) is 4.74 Å². The van der Waals surface area contributed by atoms with Gasteiger partial charge in [-0.2, -0.15) is 0 Å². The average molecular weight is 420 g/mol. The van der Waals surface area contributed by atoms with Gasteiger partial charge in [0, 0.05) is 30.3 Å². The van der Waals surface area contributed by atoms with Gasteiger partial charge in [0.15, 0.2) is 0 Å². The summed E-state index contributed by atoms with van der Waals surface area (Å²) in [6.07, 6.45) is 3.45. The molecule has 1 saturated heterocycles. The molecule has 0 aliphatic carbocycles. The number of benzene rings is 2. The van der Waals surface area contributed by atoms with E-state index in [2.05, 4.69) is 65.2 Å². The number of thioether (sulfide) groups is 1. The Labute approximate surface area is 181 Å². The molecule has 4 heteroatoms. The summed E-state index contributed by atoms with van der Waals surface area (Å²) >= 11 is 3.85. The summed E-state index contributed by atoms with van der Waals surface area (Å²) in [5, 5.41) is 0. The summed E-state index contributed by atoms with van der Waals surface area (Å²) in [6.45, 7) is 9.84. The minimum absolute atomic E-state index is 0.633. The van der Waals surface area contributed by atoms with Gasteiger partial charge in [-0.25, -0.2) is 4.31 Å². The SMILES string of the molecule is CC.CC.COCc1ccc(SCC2CC(c3ccccc3)CN2SC)cc1. The monoisotopic (exact) mass is 419 g/mol. The van der Waals surface area contributed by atoms with Crippen LogP contribution in [0.3, 0.4) is 0 Å². The van der Waals surface area contributed by atoms with E-state index < -0.39 is 0 Å². The minimum Gasteiger partial charge on any atom is -0.380 e. The zero-order valence-corrected chi connectivity index (χ0v) is 20.0. The zero-order valence-electron chi connectivity index (χ0n) is 18.4. The molecule has 2 atom stereocenters. The molecule has 0 amide bonds. The number of hydrogen-bond donors (Lipinski definition) is 0. The van der Waals surface area contributed by atoms with Crippen LogP contribution in [-0.4, -0.2) is 36.0 Å². The fourth-order valence-electron chi connectivity index (χ4n) is 3.27. The van der Waals surface area contributed by atoms with E-state index >= 15 is 0 Å². The van der Waals surface area contributed by atoms with Crippen LogP contribution in [0.15, 0.2) is 59.5 Å². The van der Waals surface area contributed by atoms with Gasteiger partial charge >= 0.3 is 0 Å². The molecule has 1 heterocycles. The average Bonchev–Trinajstić information content (AvgIpc) is 3.20. The van der Waals surface area contributed by atoms with Gasteiger partial charge in [0.2, 0.25) is 0 Å². The van der Waals surface area contributed by atoms with Crippen molar-refractivity contribution in [3.05, 3.63) is 65.7 Å². The van der Waals surface area contributed by atoms with Gasteiger partial charge < -0.3 is 4.74 Å². The van der Waals surface area contributed by atoms with E-state index in [0.29, 0.717) is 18.6 Å². The van der Waals surface area contributed by atoms with Crippen LogP contribution in [-0.2, 0) is 11.3 Å². The standard InChI is InChI=1S/C20H25NOS2.2C2H6/c1-22-14-16-8-10-20(11-9-16)24-15-19-12-18(13-21(19)23-2)17-6-4-3-5-7-17;2*1-2/h3-11,18-19H,12-15H2,1-2H3;2*1-2H3. The van der Waals surface area contributed by atoms with Crippen molar-refractivity contribution < 1.29 is 4.74 Å². The minimum atomic E-state index is 0.633. The highest BCUT2D eigenvalue weighted by molar-refractivity contribution is 7.99. The molecule has 1 aliphatic rings. The predicted octanol–water partition coefficient (Wildman–Crippen LogP) is 7.11. The summed E-state index contributed by atoms with van der Waals surface area (Å²) in [7, 11) is 1.74. The Bertz CT molecular complexity index is 618. The second-order valence-corrected chi connectivity index (χ2v) is 8.09. The highest BCUT2D eigenvalue weighted by atomic mass is 32.2. The van der Waals surface area contributed by atoms with E-state index in [1.54, 1.807) is 7.11 Å². The lowest BCUT2D eigenvalue weighted by atomic mass is 9.97. The molecule has 2 aromatic carbocycles. The first-order chi connectivity index (χ1) is 13.8.